The van der Waals surface area contributed by atoms with Gasteiger partial charge < -0.3 is 9.88 Å². The largest absolute Gasteiger partial charge is 0.345 e. The Kier molecular flexibility index (Phi) is 4.85. The summed E-state index contributed by atoms with van der Waals surface area (Å²) in [6.07, 6.45) is 2.78. The zero-order valence-corrected chi connectivity index (χ0v) is 15.2. The number of hydrogen-bond acceptors (Lipinski definition) is 4. The van der Waals surface area contributed by atoms with Gasteiger partial charge in [0.15, 0.2) is 0 Å². The molecule has 0 atom stereocenters. The topological polar surface area (TPSA) is 66.1 Å². The molecule has 6 heteroatoms. The van der Waals surface area contributed by atoms with E-state index < -0.39 is 5.69 Å². The number of thiophene rings is 1. The maximum atomic E-state index is 13.0. The Balaban J connectivity index is 1.86. The summed E-state index contributed by atoms with van der Waals surface area (Å²) in [6, 6.07) is 4.08. The fourth-order valence-corrected chi connectivity index (χ4v) is 3.69. The standard InChI is InChI=1S/C18H23N3O2S/c1-11(2)8-13-9-15(20-18(23)19-13)17(22)21(14-4-5-14)10-16-12(3)6-7-24-16/h6-7,9,11,14H,4-5,8,10H2,1-3H3,(H,19,20,23). The molecule has 0 aliphatic heterocycles. The van der Waals surface area contributed by atoms with Gasteiger partial charge in [0.2, 0.25) is 0 Å². The predicted molar refractivity (Wildman–Crippen MR) is 95.4 cm³/mol. The van der Waals surface area contributed by atoms with Gasteiger partial charge in [0.1, 0.15) is 5.69 Å². The molecule has 2 aromatic rings. The van der Waals surface area contributed by atoms with Gasteiger partial charge >= 0.3 is 5.69 Å². The van der Waals surface area contributed by atoms with E-state index in [-0.39, 0.29) is 17.6 Å². The third kappa shape index (κ3) is 3.93. The fraction of sp³-hybridized carbons (Fsp3) is 0.500. The van der Waals surface area contributed by atoms with Gasteiger partial charge in [0.05, 0.1) is 6.54 Å². The summed E-state index contributed by atoms with van der Waals surface area (Å²) in [6.45, 7) is 6.82. The number of nitrogens with zero attached hydrogens (tertiary/aromatic N) is 2. The Labute approximate surface area is 145 Å². The second-order valence-electron chi connectivity index (χ2n) is 6.89. The molecule has 1 fully saturated rings. The minimum Gasteiger partial charge on any atom is -0.329 e. The fourth-order valence-electron chi connectivity index (χ4n) is 2.79. The lowest BCUT2D eigenvalue weighted by molar-refractivity contribution is 0.0724. The first-order valence-electron chi connectivity index (χ1n) is 8.38. The molecular weight excluding hydrogens is 322 g/mol. The van der Waals surface area contributed by atoms with Gasteiger partial charge in [-0.25, -0.2) is 4.79 Å². The predicted octanol–water partition coefficient (Wildman–Crippen LogP) is 3.14. The summed E-state index contributed by atoms with van der Waals surface area (Å²) in [5.74, 6) is 0.265. The summed E-state index contributed by atoms with van der Waals surface area (Å²) < 4.78 is 0. The lowest BCUT2D eigenvalue weighted by Crippen LogP contribution is -2.34. The third-order valence-electron chi connectivity index (χ3n) is 4.18. The molecular formula is C18H23N3O2S. The Hall–Kier alpha value is -1.95. The zero-order chi connectivity index (χ0) is 17.3. The molecule has 0 bridgehead atoms. The highest BCUT2D eigenvalue weighted by Crippen LogP contribution is 2.31. The van der Waals surface area contributed by atoms with Gasteiger partial charge in [-0.3, -0.25) is 4.79 Å². The maximum absolute atomic E-state index is 13.0. The third-order valence-corrected chi connectivity index (χ3v) is 5.19. The Morgan fingerprint density at radius 2 is 2.21 bits per heavy atom. The van der Waals surface area contributed by atoms with E-state index >= 15 is 0 Å². The molecule has 0 aromatic carbocycles. The number of carbonyl (C=O) groups excluding carboxylic acids is 1. The van der Waals surface area contributed by atoms with Crippen molar-refractivity contribution in [2.24, 2.45) is 5.92 Å². The quantitative estimate of drug-likeness (QED) is 0.874. The van der Waals surface area contributed by atoms with Crippen molar-refractivity contribution in [3.8, 4) is 0 Å². The second kappa shape index (κ2) is 6.89. The van der Waals surface area contributed by atoms with Gasteiger partial charge in [-0.1, -0.05) is 13.8 Å². The van der Waals surface area contributed by atoms with Crippen molar-refractivity contribution in [1.29, 1.82) is 0 Å². The van der Waals surface area contributed by atoms with Crippen molar-refractivity contribution in [3.63, 3.8) is 0 Å². The number of hydrogen-bond donors (Lipinski definition) is 1. The minimum absolute atomic E-state index is 0.138. The Morgan fingerprint density at radius 1 is 1.46 bits per heavy atom. The van der Waals surface area contributed by atoms with Gasteiger partial charge in [0, 0.05) is 16.6 Å². The lowest BCUT2D eigenvalue weighted by atomic mass is 10.1. The Morgan fingerprint density at radius 3 is 2.79 bits per heavy atom. The molecule has 1 N–H and O–H groups in total. The first kappa shape index (κ1) is 16.9. The maximum Gasteiger partial charge on any atom is 0.345 e. The molecule has 0 spiro atoms. The number of aryl methyl sites for hydroxylation is 1. The summed E-state index contributed by atoms with van der Waals surface area (Å²) in [4.78, 5) is 34.5. The summed E-state index contributed by atoms with van der Waals surface area (Å²) in [5.41, 5.74) is 1.80. The molecule has 1 saturated carbocycles. The molecule has 2 aromatic heterocycles. The van der Waals surface area contributed by atoms with Crippen LogP contribution in [-0.2, 0) is 13.0 Å². The van der Waals surface area contributed by atoms with E-state index in [1.54, 1.807) is 17.4 Å². The highest BCUT2D eigenvalue weighted by atomic mass is 32.1. The van der Waals surface area contributed by atoms with Crippen LogP contribution < -0.4 is 5.69 Å². The van der Waals surface area contributed by atoms with Gasteiger partial charge in [-0.05, 0) is 55.2 Å². The molecule has 2 heterocycles. The van der Waals surface area contributed by atoms with Crippen molar-refractivity contribution < 1.29 is 4.79 Å². The van der Waals surface area contributed by atoms with E-state index in [4.69, 9.17) is 0 Å². The van der Waals surface area contributed by atoms with Gasteiger partial charge in [0.25, 0.3) is 5.91 Å². The number of aromatic nitrogens is 2. The summed E-state index contributed by atoms with van der Waals surface area (Å²) >= 11 is 1.67. The number of nitrogens with one attached hydrogen (secondary N) is 1. The first-order valence-corrected chi connectivity index (χ1v) is 9.26. The van der Waals surface area contributed by atoms with Crippen LogP contribution in [0, 0.1) is 12.8 Å². The Bertz CT molecular complexity index is 790. The highest BCUT2D eigenvalue weighted by molar-refractivity contribution is 7.10. The first-order chi connectivity index (χ1) is 11.4. The van der Waals surface area contributed by atoms with Crippen LogP contribution in [0.3, 0.4) is 0 Å². The summed E-state index contributed by atoms with van der Waals surface area (Å²) in [7, 11) is 0. The monoisotopic (exact) mass is 345 g/mol. The van der Waals surface area contributed by atoms with Crippen molar-refractivity contribution in [2.45, 2.75) is 52.6 Å². The molecule has 0 saturated heterocycles. The molecule has 1 amide bonds. The van der Waals surface area contributed by atoms with Crippen LogP contribution in [0.5, 0.6) is 0 Å². The van der Waals surface area contributed by atoms with E-state index in [1.165, 1.54) is 10.4 Å². The van der Waals surface area contributed by atoms with Crippen LogP contribution in [0.2, 0.25) is 0 Å². The number of rotatable bonds is 6. The average molecular weight is 345 g/mol. The van der Waals surface area contributed by atoms with Crippen molar-refractivity contribution in [2.75, 3.05) is 0 Å². The molecule has 3 rings (SSSR count). The average Bonchev–Trinajstić information content (AvgIpc) is 3.26. The van der Waals surface area contributed by atoms with Crippen molar-refractivity contribution in [1.82, 2.24) is 14.9 Å². The molecule has 0 radical (unpaired) electrons. The lowest BCUT2D eigenvalue weighted by Gasteiger charge is -2.22. The van der Waals surface area contributed by atoms with Crippen LogP contribution >= 0.6 is 11.3 Å². The van der Waals surface area contributed by atoms with Crippen LogP contribution in [0.25, 0.3) is 0 Å². The number of H-pyrrole nitrogens is 1. The van der Waals surface area contributed by atoms with E-state index in [2.05, 4.69) is 36.8 Å². The number of carbonyl (C=O) groups is 1. The van der Waals surface area contributed by atoms with Crippen LogP contribution in [0.15, 0.2) is 22.3 Å². The van der Waals surface area contributed by atoms with Crippen LogP contribution in [0.4, 0.5) is 0 Å². The van der Waals surface area contributed by atoms with Gasteiger partial charge in [-0.2, -0.15) is 4.98 Å². The molecule has 1 aliphatic rings. The zero-order valence-electron chi connectivity index (χ0n) is 14.3. The van der Waals surface area contributed by atoms with Crippen molar-refractivity contribution >= 4 is 17.2 Å². The molecule has 24 heavy (non-hydrogen) atoms. The van der Waals surface area contributed by atoms with E-state index in [9.17, 15) is 9.59 Å². The molecule has 0 unspecified atom stereocenters. The van der Waals surface area contributed by atoms with E-state index in [0.717, 1.165) is 25.0 Å². The summed E-state index contributed by atoms with van der Waals surface area (Å²) in [5, 5.41) is 2.05. The van der Waals surface area contributed by atoms with E-state index in [1.807, 2.05) is 10.3 Å². The molecule has 5 nitrogen and oxygen atoms in total. The molecule has 128 valence electrons. The highest BCUT2D eigenvalue weighted by Gasteiger charge is 2.34. The van der Waals surface area contributed by atoms with E-state index in [0.29, 0.717) is 12.5 Å². The number of amides is 1. The SMILES string of the molecule is Cc1ccsc1CN(C(=O)c1cc(CC(C)C)[nH]c(=O)n1)C1CC1. The van der Waals surface area contributed by atoms with Crippen LogP contribution in [-0.4, -0.2) is 26.8 Å². The normalized spacial score (nSPS) is 14.2. The number of aromatic amines is 1. The smallest absolute Gasteiger partial charge is 0.329 e. The van der Waals surface area contributed by atoms with Crippen molar-refractivity contribution in [3.05, 3.63) is 49.8 Å². The second-order valence-corrected chi connectivity index (χ2v) is 7.89. The molecule has 1 aliphatic carbocycles. The minimum atomic E-state index is -0.445. The van der Waals surface area contributed by atoms with Crippen LogP contribution in [0.1, 0.15) is 53.3 Å². The van der Waals surface area contributed by atoms with Gasteiger partial charge in [-0.15, -0.1) is 11.3 Å².